The van der Waals surface area contributed by atoms with Crippen molar-refractivity contribution in [1.29, 1.82) is 0 Å². The maximum absolute atomic E-state index is 12.9. The molecule has 5 rings (SSSR count). The smallest absolute Gasteiger partial charge is 0.164 e. The van der Waals surface area contributed by atoms with Crippen LogP contribution in [0.5, 0.6) is 11.5 Å². The highest BCUT2D eigenvalue weighted by Crippen LogP contribution is 2.62. The number of Topliss-reactive ketones (excluding diaryl/α,β-unsaturated/α-hetero) is 1. The average Bonchev–Trinajstić information content (AvgIpc) is 2.81. The first-order valence-corrected chi connectivity index (χ1v) is 11.8. The molecule has 1 saturated carbocycles. The molecular formula is C27H33NO4. The van der Waals surface area contributed by atoms with Crippen molar-refractivity contribution in [1.82, 2.24) is 4.90 Å². The highest BCUT2D eigenvalue weighted by molar-refractivity contribution is 5.83. The van der Waals surface area contributed by atoms with E-state index >= 15 is 0 Å². The number of methoxy groups -OCH3 is 1. The predicted molar refractivity (Wildman–Crippen MR) is 123 cm³/mol. The number of likely N-dealkylation sites (N-methyl/N-ethyl adjacent to an activating group) is 1. The number of benzene rings is 2. The minimum atomic E-state index is -0.374. The van der Waals surface area contributed by atoms with Crippen molar-refractivity contribution in [3.8, 4) is 11.5 Å². The van der Waals surface area contributed by atoms with Crippen molar-refractivity contribution < 1.29 is 19.0 Å². The molecule has 2 aromatic rings. The third-order valence-electron chi connectivity index (χ3n) is 7.99. The van der Waals surface area contributed by atoms with Gasteiger partial charge in [0, 0.05) is 36.5 Å². The molecule has 2 fully saturated rings. The maximum atomic E-state index is 12.9. The van der Waals surface area contributed by atoms with Crippen molar-refractivity contribution >= 4 is 5.78 Å². The van der Waals surface area contributed by atoms with Crippen molar-refractivity contribution in [3.63, 3.8) is 0 Å². The van der Waals surface area contributed by atoms with Gasteiger partial charge < -0.3 is 19.1 Å². The lowest BCUT2D eigenvalue weighted by Crippen LogP contribution is -2.73. The van der Waals surface area contributed by atoms with Crippen LogP contribution in [0.25, 0.3) is 0 Å². The van der Waals surface area contributed by atoms with E-state index in [1.165, 1.54) is 5.56 Å². The van der Waals surface area contributed by atoms with Gasteiger partial charge >= 0.3 is 0 Å². The van der Waals surface area contributed by atoms with Gasteiger partial charge in [0.05, 0.1) is 12.7 Å². The zero-order valence-electron chi connectivity index (χ0n) is 19.4. The van der Waals surface area contributed by atoms with Gasteiger partial charge in [-0.05, 0) is 57.0 Å². The summed E-state index contributed by atoms with van der Waals surface area (Å²) in [5.74, 6) is 1.85. The second kappa shape index (κ2) is 8.20. The number of ketones is 1. The van der Waals surface area contributed by atoms with E-state index in [0.717, 1.165) is 48.4 Å². The number of rotatable bonds is 6. The Bertz CT molecular complexity index is 1010. The Morgan fingerprint density at radius 3 is 2.69 bits per heavy atom. The van der Waals surface area contributed by atoms with Gasteiger partial charge in [-0.15, -0.1) is 0 Å². The molecule has 32 heavy (non-hydrogen) atoms. The number of hydrogen-bond donors (Lipinski definition) is 0. The van der Waals surface area contributed by atoms with Crippen molar-refractivity contribution in [2.45, 2.75) is 62.7 Å². The van der Waals surface area contributed by atoms with Crippen LogP contribution < -0.4 is 9.47 Å². The summed E-state index contributed by atoms with van der Waals surface area (Å²) in [6, 6.07) is 14.6. The molecule has 3 atom stereocenters. The first kappa shape index (κ1) is 21.5. The molecule has 1 heterocycles. The van der Waals surface area contributed by atoms with Crippen LogP contribution in [0.2, 0.25) is 0 Å². The molecule has 2 bridgehead atoms. The number of likely N-dealkylation sites (tertiary alicyclic amines) is 1. The molecule has 170 valence electrons. The molecule has 0 amide bonds. The van der Waals surface area contributed by atoms with Gasteiger partial charge in [0.2, 0.25) is 0 Å². The van der Waals surface area contributed by atoms with Crippen LogP contribution in [-0.4, -0.2) is 49.6 Å². The van der Waals surface area contributed by atoms with Crippen LogP contribution in [0.1, 0.15) is 49.3 Å². The minimum absolute atomic E-state index is 0.262. The standard InChI is InChI=1S/C27H33NO4/c1-4-32-27-13-12-21(29)17-26(27)14-15-28(2)23(27)16-20-10-11-22(25(30-3)24(20)26)31-18-19-8-6-5-7-9-19/h5-11,23H,4,12-18H2,1-3H3/t23-,26-,27-/m1/s1. The Morgan fingerprint density at radius 2 is 1.94 bits per heavy atom. The number of hydrogen-bond acceptors (Lipinski definition) is 5. The monoisotopic (exact) mass is 435 g/mol. The summed E-state index contributed by atoms with van der Waals surface area (Å²) in [5, 5.41) is 0. The summed E-state index contributed by atoms with van der Waals surface area (Å²) < 4.78 is 19.0. The zero-order chi connectivity index (χ0) is 22.3. The van der Waals surface area contributed by atoms with Crippen LogP contribution in [-0.2, 0) is 28.0 Å². The van der Waals surface area contributed by atoms with Crippen molar-refractivity contribution in [3.05, 3.63) is 59.2 Å². The quantitative estimate of drug-likeness (QED) is 0.677. The van der Waals surface area contributed by atoms with Gasteiger partial charge in [-0.1, -0.05) is 36.4 Å². The third-order valence-corrected chi connectivity index (χ3v) is 7.99. The minimum Gasteiger partial charge on any atom is -0.493 e. The maximum Gasteiger partial charge on any atom is 0.164 e. The predicted octanol–water partition coefficient (Wildman–Crippen LogP) is 4.30. The Kier molecular flexibility index (Phi) is 5.50. The van der Waals surface area contributed by atoms with E-state index in [0.29, 0.717) is 31.8 Å². The van der Waals surface area contributed by atoms with E-state index in [4.69, 9.17) is 14.2 Å². The summed E-state index contributed by atoms with van der Waals surface area (Å²) in [6.45, 7) is 4.14. The van der Waals surface area contributed by atoms with Crippen molar-refractivity contribution in [2.24, 2.45) is 0 Å². The molecule has 3 aliphatic rings. The van der Waals surface area contributed by atoms with E-state index in [-0.39, 0.29) is 17.1 Å². The fraction of sp³-hybridized carbons (Fsp3) is 0.519. The molecule has 0 N–H and O–H groups in total. The van der Waals surface area contributed by atoms with E-state index in [2.05, 4.69) is 37.1 Å². The largest absolute Gasteiger partial charge is 0.493 e. The van der Waals surface area contributed by atoms with E-state index in [1.807, 2.05) is 24.3 Å². The van der Waals surface area contributed by atoms with E-state index in [1.54, 1.807) is 7.11 Å². The first-order valence-electron chi connectivity index (χ1n) is 11.8. The Balaban J connectivity index is 1.64. The van der Waals surface area contributed by atoms with Gasteiger partial charge in [0.1, 0.15) is 12.4 Å². The molecular weight excluding hydrogens is 402 g/mol. The van der Waals surface area contributed by atoms with E-state index in [9.17, 15) is 4.79 Å². The molecule has 0 spiro atoms. The van der Waals surface area contributed by atoms with Crippen LogP contribution in [0, 0.1) is 0 Å². The molecule has 0 radical (unpaired) electrons. The lowest BCUT2D eigenvalue weighted by molar-refractivity contribution is -0.194. The molecule has 2 aromatic carbocycles. The van der Waals surface area contributed by atoms with Crippen LogP contribution in [0.4, 0.5) is 0 Å². The second-order valence-corrected chi connectivity index (χ2v) is 9.48. The highest BCUT2D eigenvalue weighted by Gasteiger charge is 2.66. The third kappa shape index (κ3) is 3.09. The average molecular weight is 436 g/mol. The lowest BCUT2D eigenvalue weighted by Gasteiger charge is -2.64. The van der Waals surface area contributed by atoms with Crippen LogP contribution in [0.15, 0.2) is 42.5 Å². The summed E-state index contributed by atoms with van der Waals surface area (Å²) in [6.07, 6.45) is 3.66. The van der Waals surface area contributed by atoms with Gasteiger partial charge in [0.15, 0.2) is 11.5 Å². The number of ether oxygens (including phenoxy) is 3. The number of carbonyl (C=O) groups excluding carboxylic acids is 1. The fourth-order valence-electron chi connectivity index (χ4n) is 6.67. The second-order valence-electron chi connectivity index (χ2n) is 9.48. The highest BCUT2D eigenvalue weighted by atomic mass is 16.5. The summed E-state index contributed by atoms with van der Waals surface area (Å²) in [7, 11) is 3.92. The Morgan fingerprint density at radius 1 is 1.12 bits per heavy atom. The fourth-order valence-corrected chi connectivity index (χ4v) is 6.67. The van der Waals surface area contributed by atoms with Crippen LogP contribution >= 0.6 is 0 Å². The number of nitrogens with zero attached hydrogens (tertiary/aromatic N) is 1. The molecule has 5 heteroatoms. The normalized spacial score (nSPS) is 29.2. The van der Waals surface area contributed by atoms with Gasteiger partial charge in [-0.25, -0.2) is 0 Å². The number of fused-ring (bicyclic) bond motifs is 1. The molecule has 1 aliphatic heterocycles. The molecule has 0 unspecified atom stereocenters. The molecule has 5 nitrogen and oxygen atoms in total. The number of carbonyl (C=O) groups is 1. The van der Waals surface area contributed by atoms with Crippen LogP contribution in [0.3, 0.4) is 0 Å². The zero-order valence-corrected chi connectivity index (χ0v) is 19.4. The number of piperidine rings is 1. The lowest BCUT2D eigenvalue weighted by atomic mass is 9.49. The van der Waals surface area contributed by atoms with Gasteiger partial charge in [0.25, 0.3) is 0 Å². The SMILES string of the molecule is CCO[C@@]12CCC(=O)C[C@@]13CCN(C)[C@@H]2Cc1ccc(OCc2ccccc2)c(OC)c13. The Hall–Kier alpha value is -2.37. The topological polar surface area (TPSA) is 48.0 Å². The Labute approximate surface area is 190 Å². The summed E-state index contributed by atoms with van der Waals surface area (Å²) >= 11 is 0. The molecule has 1 saturated heterocycles. The van der Waals surface area contributed by atoms with Gasteiger partial charge in [-0.2, -0.15) is 0 Å². The molecule has 2 aliphatic carbocycles. The molecule has 0 aromatic heterocycles. The van der Waals surface area contributed by atoms with Crippen molar-refractivity contribution in [2.75, 3.05) is 27.3 Å². The summed E-state index contributed by atoms with van der Waals surface area (Å²) in [5.41, 5.74) is 2.77. The summed E-state index contributed by atoms with van der Waals surface area (Å²) in [4.78, 5) is 15.3. The van der Waals surface area contributed by atoms with Gasteiger partial charge in [-0.3, -0.25) is 4.79 Å². The first-order chi connectivity index (χ1) is 15.5. The van der Waals surface area contributed by atoms with E-state index < -0.39 is 0 Å².